The fourth-order valence-corrected chi connectivity index (χ4v) is 3.03. The van der Waals surface area contributed by atoms with Gasteiger partial charge >= 0.3 is 0 Å². The predicted octanol–water partition coefficient (Wildman–Crippen LogP) is 3.60. The van der Waals surface area contributed by atoms with Crippen molar-refractivity contribution in [3.63, 3.8) is 0 Å². The first kappa shape index (κ1) is 15.1. The van der Waals surface area contributed by atoms with Gasteiger partial charge in [-0.1, -0.05) is 17.7 Å². The summed E-state index contributed by atoms with van der Waals surface area (Å²) in [6.45, 7) is 2.97. The van der Waals surface area contributed by atoms with Crippen molar-refractivity contribution in [2.24, 2.45) is 0 Å². The van der Waals surface area contributed by atoms with Gasteiger partial charge in [0, 0.05) is 42.5 Å². The molecule has 1 aliphatic heterocycles. The lowest BCUT2D eigenvalue weighted by Gasteiger charge is -2.19. The van der Waals surface area contributed by atoms with Gasteiger partial charge in [0.15, 0.2) is 0 Å². The first-order valence-electron chi connectivity index (χ1n) is 7.81. The number of hydrogen-bond donors (Lipinski definition) is 1. The molecule has 6 heteroatoms. The summed E-state index contributed by atoms with van der Waals surface area (Å²) >= 11 is 6.02. The largest absolute Gasteiger partial charge is 0.315 e. The van der Waals surface area contributed by atoms with E-state index in [9.17, 15) is 0 Å². The van der Waals surface area contributed by atoms with Crippen LogP contribution in [0, 0.1) is 0 Å². The predicted molar refractivity (Wildman–Crippen MR) is 95.0 cm³/mol. The Morgan fingerprint density at radius 1 is 1.21 bits per heavy atom. The van der Waals surface area contributed by atoms with Crippen molar-refractivity contribution in [2.75, 3.05) is 6.54 Å². The second kappa shape index (κ2) is 6.19. The van der Waals surface area contributed by atoms with E-state index < -0.39 is 0 Å². The second-order valence-corrected chi connectivity index (χ2v) is 6.00. The summed E-state index contributed by atoms with van der Waals surface area (Å²) in [6, 6.07) is 9.73. The number of nitrogens with one attached hydrogen (secondary N) is 1. The smallest absolute Gasteiger partial charge is 0.129 e. The van der Waals surface area contributed by atoms with Gasteiger partial charge in [0.25, 0.3) is 0 Å². The minimum atomic E-state index is 0.0390. The van der Waals surface area contributed by atoms with Crippen LogP contribution in [0.4, 0.5) is 0 Å². The third-order valence-electron chi connectivity index (χ3n) is 4.10. The number of fused-ring (bicyclic) bond motifs is 1. The molecule has 0 saturated carbocycles. The molecule has 0 radical (unpaired) electrons. The quantitative estimate of drug-likeness (QED) is 0.740. The van der Waals surface area contributed by atoms with E-state index in [0.29, 0.717) is 5.15 Å². The summed E-state index contributed by atoms with van der Waals surface area (Å²) in [5.74, 6) is 0. The van der Waals surface area contributed by atoms with Gasteiger partial charge < -0.3 is 5.01 Å². The molecule has 0 aliphatic carbocycles. The van der Waals surface area contributed by atoms with Gasteiger partial charge in [-0.2, -0.15) is 0 Å². The molecule has 4 heterocycles. The molecule has 1 aliphatic rings. The van der Waals surface area contributed by atoms with E-state index in [2.05, 4.69) is 44.6 Å². The molecule has 0 amide bonds. The number of halogens is 1. The molecule has 24 heavy (non-hydrogen) atoms. The lowest BCUT2D eigenvalue weighted by Crippen LogP contribution is -2.30. The number of pyridine rings is 3. The van der Waals surface area contributed by atoms with Gasteiger partial charge in [0.1, 0.15) is 5.15 Å². The van der Waals surface area contributed by atoms with Crippen LogP contribution < -0.4 is 5.43 Å². The zero-order valence-electron chi connectivity index (χ0n) is 13.1. The molecule has 4 rings (SSSR count). The van der Waals surface area contributed by atoms with Crippen molar-refractivity contribution in [3.8, 4) is 0 Å². The van der Waals surface area contributed by atoms with Crippen LogP contribution in [-0.2, 0) is 0 Å². The Bertz CT molecular complexity index is 910. The van der Waals surface area contributed by atoms with Crippen LogP contribution in [0.1, 0.15) is 24.1 Å². The molecule has 120 valence electrons. The molecule has 1 unspecified atom stereocenters. The van der Waals surface area contributed by atoms with Crippen LogP contribution in [0.2, 0.25) is 5.15 Å². The highest BCUT2D eigenvalue weighted by Crippen LogP contribution is 2.34. The van der Waals surface area contributed by atoms with Crippen molar-refractivity contribution in [3.05, 3.63) is 71.4 Å². The van der Waals surface area contributed by atoms with E-state index in [1.54, 1.807) is 12.3 Å². The fraction of sp³-hybridized carbons (Fsp3) is 0.167. The topological polar surface area (TPSA) is 53.9 Å². The molecule has 0 fully saturated rings. The molecule has 1 atom stereocenters. The average Bonchev–Trinajstić information content (AvgIpc) is 3.06. The number of aromatic nitrogens is 3. The minimum Gasteiger partial charge on any atom is -0.315 e. The van der Waals surface area contributed by atoms with Gasteiger partial charge in [-0.15, -0.1) is 0 Å². The SMILES string of the molecule is CCN1C=C(c2cnc3ccc(Cl)nc3c2)C(c2cccnc2)N1. The van der Waals surface area contributed by atoms with Gasteiger partial charge in [0.2, 0.25) is 0 Å². The number of rotatable bonds is 3. The van der Waals surface area contributed by atoms with Gasteiger partial charge in [-0.05, 0) is 36.8 Å². The number of hydrazine groups is 1. The van der Waals surface area contributed by atoms with Crippen LogP contribution >= 0.6 is 11.6 Å². The zero-order valence-corrected chi connectivity index (χ0v) is 13.9. The van der Waals surface area contributed by atoms with Crippen LogP contribution in [-0.4, -0.2) is 26.5 Å². The molecular weight excluding hydrogens is 322 g/mol. The third-order valence-corrected chi connectivity index (χ3v) is 4.31. The van der Waals surface area contributed by atoms with Gasteiger partial charge in [-0.3, -0.25) is 9.97 Å². The number of nitrogens with zero attached hydrogens (tertiary/aromatic N) is 4. The summed E-state index contributed by atoms with van der Waals surface area (Å²) in [6.07, 6.45) is 7.66. The maximum atomic E-state index is 6.02. The monoisotopic (exact) mass is 337 g/mol. The molecule has 0 saturated heterocycles. The third kappa shape index (κ3) is 2.72. The Kier molecular flexibility index (Phi) is 3.88. The fourth-order valence-electron chi connectivity index (χ4n) is 2.88. The molecule has 0 spiro atoms. The summed E-state index contributed by atoms with van der Waals surface area (Å²) in [4.78, 5) is 13.1. The molecular formula is C18H16ClN5. The maximum Gasteiger partial charge on any atom is 0.129 e. The average molecular weight is 338 g/mol. The molecule has 1 N–H and O–H groups in total. The minimum absolute atomic E-state index is 0.0390. The van der Waals surface area contributed by atoms with Crippen LogP contribution in [0.5, 0.6) is 0 Å². The summed E-state index contributed by atoms with van der Waals surface area (Å²) in [5, 5.41) is 2.54. The molecule has 0 aromatic carbocycles. The first-order chi connectivity index (χ1) is 11.7. The summed E-state index contributed by atoms with van der Waals surface area (Å²) in [7, 11) is 0. The van der Waals surface area contributed by atoms with Crippen molar-refractivity contribution in [1.82, 2.24) is 25.4 Å². The normalized spacial score (nSPS) is 17.3. The molecule has 0 bridgehead atoms. The van der Waals surface area contributed by atoms with Crippen molar-refractivity contribution >= 4 is 28.2 Å². The van der Waals surface area contributed by atoms with Crippen molar-refractivity contribution in [1.29, 1.82) is 0 Å². The van der Waals surface area contributed by atoms with Gasteiger partial charge in [-0.25, -0.2) is 10.4 Å². The highest BCUT2D eigenvalue weighted by atomic mass is 35.5. The highest BCUT2D eigenvalue weighted by Gasteiger charge is 2.26. The van der Waals surface area contributed by atoms with Gasteiger partial charge in [0.05, 0.1) is 17.1 Å². The standard InChI is InChI=1S/C18H16ClN5/c1-2-24-11-14(18(23-24)12-4-3-7-20-9-12)13-8-16-15(21-10-13)5-6-17(19)22-16/h3-11,18,23H,2H2,1H3. The Balaban J connectivity index is 1.80. The summed E-state index contributed by atoms with van der Waals surface area (Å²) < 4.78 is 0. The van der Waals surface area contributed by atoms with Crippen LogP contribution in [0.3, 0.4) is 0 Å². The number of hydrogen-bond acceptors (Lipinski definition) is 5. The van der Waals surface area contributed by atoms with Crippen LogP contribution in [0.25, 0.3) is 16.6 Å². The van der Waals surface area contributed by atoms with E-state index in [1.165, 1.54) is 0 Å². The van der Waals surface area contributed by atoms with Crippen molar-refractivity contribution < 1.29 is 0 Å². The molecule has 3 aromatic heterocycles. The Labute approximate surface area is 145 Å². The van der Waals surface area contributed by atoms with E-state index >= 15 is 0 Å². The molecule has 3 aromatic rings. The maximum absolute atomic E-state index is 6.02. The Morgan fingerprint density at radius 3 is 2.92 bits per heavy atom. The van der Waals surface area contributed by atoms with E-state index in [4.69, 9.17) is 11.6 Å². The van der Waals surface area contributed by atoms with Crippen LogP contribution in [0.15, 0.2) is 55.1 Å². The first-order valence-corrected chi connectivity index (χ1v) is 8.19. The Hall–Kier alpha value is -2.50. The van der Waals surface area contributed by atoms with E-state index in [1.807, 2.05) is 30.6 Å². The van der Waals surface area contributed by atoms with E-state index in [0.717, 1.165) is 34.3 Å². The zero-order chi connectivity index (χ0) is 16.5. The van der Waals surface area contributed by atoms with Crippen molar-refractivity contribution in [2.45, 2.75) is 13.0 Å². The Morgan fingerprint density at radius 2 is 2.12 bits per heavy atom. The second-order valence-electron chi connectivity index (χ2n) is 5.62. The lowest BCUT2D eigenvalue weighted by molar-refractivity contribution is 0.290. The lowest BCUT2D eigenvalue weighted by atomic mass is 9.97. The summed E-state index contributed by atoms with van der Waals surface area (Å²) in [5.41, 5.74) is 8.39. The highest BCUT2D eigenvalue weighted by molar-refractivity contribution is 6.29. The van der Waals surface area contributed by atoms with E-state index in [-0.39, 0.29) is 6.04 Å². The molecule has 5 nitrogen and oxygen atoms in total.